The number of amides is 3. The molecule has 0 spiro atoms. The van der Waals surface area contributed by atoms with E-state index < -0.39 is 6.04 Å². The number of aromatic nitrogens is 2. The van der Waals surface area contributed by atoms with Gasteiger partial charge in [0.1, 0.15) is 6.04 Å². The van der Waals surface area contributed by atoms with E-state index in [0.717, 1.165) is 17.8 Å². The van der Waals surface area contributed by atoms with Crippen molar-refractivity contribution in [3.05, 3.63) is 58.3 Å². The molecular weight excluding hydrogens is 394 g/mol. The summed E-state index contributed by atoms with van der Waals surface area (Å²) in [6.07, 6.45) is 2.92. The summed E-state index contributed by atoms with van der Waals surface area (Å²) in [4.78, 5) is 39.9. The van der Waals surface area contributed by atoms with Crippen LogP contribution in [-0.4, -0.2) is 45.1 Å². The lowest BCUT2D eigenvalue weighted by molar-refractivity contribution is -0.124. The van der Waals surface area contributed by atoms with Gasteiger partial charge in [-0.3, -0.25) is 9.59 Å². The van der Waals surface area contributed by atoms with Crippen molar-refractivity contribution >= 4 is 11.9 Å². The number of aryl methyl sites for hydroxylation is 1. The molecule has 166 valence electrons. The van der Waals surface area contributed by atoms with E-state index in [9.17, 15) is 14.4 Å². The Labute approximate surface area is 182 Å². The van der Waals surface area contributed by atoms with Gasteiger partial charge in [0, 0.05) is 56.3 Å². The molecule has 2 aliphatic rings. The average Bonchev–Trinajstić information content (AvgIpc) is 3.15. The Balaban J connectivity index is 1.41. The Hall–Kier alpha value is -3.03. The Bertz CT molecular complexity index is 1020. The van der Waals surface area contributed by atoms with Gasteiger partial charge in [0.2, 0.25) is 5.91 Å². The summed E-state index contributed by atoms with van der Waals surface area (Å²) >= 11 is 0. The van der Waals surface area contributed by atoms with Crippen molar-refractivity contribution < 1.29 is 9.59 Å². The van der Waals surface area contributed by atoms with Gasteiger partial charge in [-0.05, 0) is 36.5 Å². The molecule has 0 radical (unpaired) electrons. The number of pyridine rings is 1. The van der Waals surface area contributed by atoms with Crippen LogP contribution in [0.15, 0.2) is 41.3 Å². The van der Waals surface area contributed by atoms with Gasteiger partial charge in [0.15, 0.2) is 0 Å². The maximum absolute atomic E-state index is 13.1. The van der Waals surface area contributed by atoms with Crippen molar-refractivity contribution in [3.8, 4) is 0 Å². The number of piperidine rings is 1. The summed E-state index contributed by atoms with van der Waals surface area (Å²) in [6, 6.07) is 8.44. The molecule has 0 aliphatic carbocycles. The third-order valence-electron chi connectivity index (χ3n) is 6.49. The SMILES string of the molecule is CC(C)[C@H](NC(=O)N1CC2C[C@H](C1)Cn1c2cccc1=O)C(=O)NCc1cccn1C. The van der Waals surface area contributed by atoms with E-state index in [2.05, 4.69) is 10.6 Å². The summed E-state index contributed by atoms with van der Waals surface area (Å²) in [5.41, 5.74) is 2.03. The monoisotopic (exact) mass is 425 g/mol. The van der Waals surface area contributed by atoms with Crippen molar-refractivity contribution in [2.45, 2.75) is 45.3 Å². The minimum absolute atomic E-state index is 0.0277. The van der Waals surface area contributed by atoms with Gasteiger partial charge in [-0.15, -0.1) is 0 Å². The lowest BCUT2D eigenvalue weighted by Crippen LogP contribution is -2.57. The number of likely N-dealkylation sites (tertiary alicyclic amines) is 1. The standard InChI is InChI=1S/C23H31N5O3/c1-15(2)21(22(30)24-11-18-6-5-9-26(18)3)25-23(31)27-12-16-10-17(14-27)19-7-4-8-20(29)28(19)13-16/h4-9,15-17,21H,10-14H2,1-3H3,(H,24,30)(H,25,31)/t16-,17?,21+/m1/s1. The summed E-state index contributed by atoms with van der Waals surface area (Å²) in [5, 5.41) is 5.90. The number of hydrogen-bond acceptors (Lipinski definition) is 3. The summed E-state index contributed by atoms with van der Waals surface area (Å²) in [7, 11) is 1.93. The molecule has 31 heavy (non-hydrogen) atoms. The molecular formula is C23H31N5O3. The number of carbonyl (C=O) groups is 2. The highest BCUT2D eigenvalue weighted by molar-refractivity contribution is 5.87. The molecule has 3 amide bonds. The van der Waals surface area contributed by atoms with Gasteiger partial charge in [0.05, 0.1) is 6.54 Å². The van der Waals surface area contributed by atoms with Crippen molar-refractivity contribution in [1.29, 1.82) is 0 Å². The lowest BCUT2D eigenvalue weighted by Gasteiger charge is -2.43. The van der Waals surface area contributed by atoms with Gasteiger partial charge >= 0.3 is 6.03 Å². The normalized spacial score (nSPS) is 20.8. The molecule has 4 rings (SSSR count). The van der Waals surface area contributed by atoms with Crippen LogP contribution in [0, 0.1) is 11.8 Å². The van der Waals surface area contributed by atoms with Gasteiger partial charge in [-0.2, -0.15) is 0 Å². The topological polar surface area (TPSA) is 88.4 Å². The maximum atomic E-state index is 13.1. The zero-order valence-corrected chi connectivity index (χ0v) is 18.4. The van der Waals surface area contributed by atoms with E-state index in [0.29, 0.717) is 26.2 Å². The van der Waals surface area contributed by atoms with Crippen LogP contribution in [0.25, 0.3) is 0 Å². The highest BCUT2D eigenvalue weighted by atomic mass is 16.2. The minimum Gasteiger partial charge on any atom is -0.353 e. The van der Waals surface area contributed by atoms with E-state index in [1.54, 1.807) is 17.0 Å². The first-order valence-corrected chi connectivity index (χ1v) is 11.0. The second-order valence-corrected chi connectivity index (χ2v) is 9.10. The first-order valence-electron chi connectivity index (χ1n) is 11.0. The number of nitrogens with one attached hydrogen (secondary N) is 2. The highest BCUT2D eigenvalue weighted by Crippen LogP contribution is 2.34. The van der Waals surface area contributed by atoms with Crippen molar-refractivity contribution in [1.82, 2.24) is 24.7 Å². The van der Waals surface area contributed by atoms with E-state index >= 15 is 0 Å². The summed E-state index contributed by atoms with van der Waals surface area (Å²) in [6.45, 7) is 6.07. The Morgan fingerprint density at radius 3 is 2.65 bits per heavy atom. The average molecular weight is 426 g/mol. The van der Waals surface area contributed by atoms with Gasteiger partial charge < -0.3 is 24.7 Å². The van der Waals surface area contributed by atoms with Crippen LogP contribution in [0.2, 0.25) is 0 Å². The molecule has 1 unspecified atom stereocenters. The van der Waals surface area contributed by atoms with Crippen molar-refractivity contribution in [2.75, 3.05) is 13.1 Å². The number of nitrogens with zero attached hydrogens (tertiary/aromatic N) is 3. The molecule has 4 heterocycles. The first-order chi connectivity index (χ1) is 14.8. The van der Waals surface area contributed by atoms with E-state index in [1.807, 2.05) is 54.4 Å². The third-order valence-corrected chi connectivity index (χ3v) is 6.49. The predicted molar refractivity (Wildman–Crippen MR) is 118 cm³/mol. The van der Waals surface area contributed by atoms with E-state index in [1.165, 1.54) is 0 Å². The second kappa shape index (κ2) is 8.61. The molecule has 1 saturated heterocycles. The molecule has 2 N–H and O–H groups in total. The molecule has 0 aromatic carbocycles. The molecule has 8 nitrogen and oxygen atoms in total. The molecule has 3 atom stereocenters. The second-order valence-electron chi connectivity index (χ2n) is 9.10. The van der Waals surface area contributed by atoms with Crippen molar-refractivity contribution in [3.63, 3.8) is 0 Å². The van der Waals surface area contributed by atoms with E-state index in [-0.39, 0.29) is 35.3 Å². The van der Waals surface area contributed by atoms with Crippen LogP contribution in [0.3, 0.4) is 0 Å². The molecule has 1 fully saturated rings. The van der Waals surface area contributed by atoms with Crippen LogP contribution < -0.4 is 16.2 Å². The fourth-order valence-electron chi connectivity index (χ4n) is 4.79. The number of hydrogen-bond donors (Lipinski definition) is 2. The molecule has 0 saturated carbocycles. The maximum Gasteiger partial charge on any atom is 0.318 e. The van der Waals surface area contributed by atoms with Crippen LogP contribution in [0.1, 0.15) is 37.6 Å². The summed E-state index contributed by atoms with van der Waals surface area (Å²) < 4.78 is 3.81. The van der Waals surface area contributed by atoms with E-state index in [4.69, 9.17) is 0 Å². The number of urea groups is 1. The Morgan fingerprint density at radius 1 is 1.13 bits per heavy atom. The molecule has 8 heteroatoms. The quantitative estimate of drug-likeness (QED) is 0.764. The van der Waals surface area contributed by atoms with Gasteiger partial charge in [0.25, 0.3) is 5.56 Å². The molecule has 2 aromatic rings. The van der Waals surface area contributed by atoms with Crippen molar-refractivity contribution in [2.24, 2.45) is 18.9 Å². The zero-order chi connectivity index (χ0) is 22.1. The highest BCUT2D eigenvalue weighted by Gasteiger charge is 2.37. The van der Waals surface area contributed by atoms with Crippen LogP contribution in [0.5, 0.6) is 0 Å². The molecule has 2 aliphatic heterocycles. The zero-order valence-electron chi connectivity index (χ0n) is 18.4. The Morgan fingerprint density at radius 2 is 1.94 bits per heavy atom. The third kappa shape index (κ3) is 4.38. The number of rotatable bonds is 5. The van der Waals surface area contributed by atoms with Crippen LogP contribution in [-0.2, 0) is 24.9 Å². The largest absolute Gasteiger partial charge is 0.353 e. The smallest absolute Gasteiger partial charge is 0.318 e. The lowest BCUT2D eigenvalue weighted by atomic mass is 9.83. The fraction of sp³-hybridized carbons (Fsp3) is 0.522. The fourth-order valence-corrected chi connectivity index (χ4v) is 4.79. The number of fused-ring (bicyclic) bond motifs is 4. The Kier molecular flexibility index (Phi) is 5.89. The number of carbonyl (C=O) groups excluding carboxylic acids is 2. The van der Waals surface area contributed by atoms with Gasteiger partial charge in [-0.1, -0.05) is 19.9 Å². The summed E-state index contributed by atoms with van der Waals surface area (Å²) in [5.74, 6) is 0.177. The minimum atomic E-state index is -0.607. The first kappa shape index (κ1) is 21.2. The molecule has 2 aromatic heterocycles. The van der Waals surface area contributed by atoms with Gasteiger partial charge in [-0.25, -0.2) is 4.79 Å². The van der Waals surface area contributed by atoms with Crippen LogP contribution >= 0.6 is 0 Å². The van der Waals surface area contributed by atoms with Crippen LogP contribution in [0.4, 0.5) is 4.79 Å². The molecule has 2 bridgehead atoms. The predicted octanol–water partition coefficient (Wildman–Crippen LogP) is 1.66.